The first-order chi connectivity index (χ1) is 32.2. The zero-order chi connectivity index (χ0) is 42.8. The summed E-state index contributed by atoms with van der Waals surface area (Å²) < 4.78 is 2.49. The molecule has 13 rings (SSSR count). The maximum Gasteiger partial charge on any atom is 0.164 e. The summed E-state index contributed by atoms with van der Waals surface area (Å²) in [5.74, 6) is 1.86. The largest absolute Gasteiger partial charge is 0.308 e. The predicted molar refractivity (Wildman–Crippen MR) is 271 cm³/mol. The minimum atomic E-state index is 0.614. The minimum absolute atomic E-state index is 0.614. The SMILES string of the molecule is c1ccc(-c2cccc(-c3cc(-c4nc(-c5ccc6ccccc6c5)nc(-c5ccc6ccccc6c5)n4)c4ccccc4c3-n3c4ccccc4c4cc5ccccc5cc43)c2)cc1. The van der Waals surface area contributed by atoms with Gasteiger partial charge in [-0.1, -0.05) is 188 Å². The van der Waals surface area contributed by atoms with Crippen LogP contribution in [0.3, 0.4) is 0 Å². The molecule has 11 aromatic carbocycles. The van der Waals surface area contributed by atoms with Gasteiger partial charge in [-0.15, -0.1) is 0 Å². The molecular weight excluding hydrogens is 789 g/mol. The average Bonchev–Trinajstić information content (AvgIpc) is 3.69. The molecule has 4 heteroatoms. The minimum Gasteiger partial charge on any atom is -0.308 e. The highest BCUT2D eigenvalue weighted by Gasteiger charge is 2.23. The normalized spacial score (nSPS) is 11.7. The van der Waals surface area contributed by atoms with Crippen LogP contribution in [0.25, 0.3) is 127 Å². The molecule has 0 fully saturated rings. The highest BCUT2D eigenvalue weighted by molar-refractivity contribution is 6.16. The van der Waals surface area contributed by atoms with E-state index in [4.69, 9.17) is 15.0 Å². The van der Waals surface area contributed by atoms with Crippen LogP contribution >= 0.6 is 0 Å². The smallest absolute Gasteiger partial charge is 0.164 e. The van der Waals surface area contributed by atoms with Crippen molar-refractivity contribution in [1.29, 1.82) is 0 Å². The number of para-hydroxylation sites is 1. The standard InChI is InChI=1S/C61H38N4/c1-2-15-39(16-3-1)44-23-14-24-47(33-44)53-38-55(50-25-10-11-27-52(50)58(53)65-56-28-13-12-26-51(56)54-36-45-21-8-9-22-46(45)37-57(54)65)61-63-59(48-31-29-40-17-4-6-19-42(40)34-48)62-60(64-61)49-32-30-41-18-5-7-20-43(41)35-49/h1-38H. The van der Waals surface area contributed by atoms with Crippen molar-refractivity contribution >= 4 is 64.9 Å². The van der Waals surface area contributed by atoms with Crippen molar-refractivity contribution in [2.75, 3.05) is 0 Å². The fourth-order valence-electron chi connectivity index (χ4n) is 9.81. The highest BCUT2D eigenvalue weighted by Crippen LogP contribution is 2.45. The Labute approximate surface area is 375 Å². The summed E-state index contributed by atoms with van der Waals surface area (Å²) in [6.07, 6.45) is 0. The van der Waals surface area contributed by atoms with E-state index in [0.29, 0.717) is 17.5 Å². The lowest BCUT2D eigenvalue weighted by atomic mass is 9.92. The summed E-state index contributed by atoms with van der Waals surface area (Å²) in [6, 6.07) is 82.6. The summed E-state index contributed by atoms with van der Waals surface area (Å²) in [7, 11) is 0. The van der Waals surface area contributed by atoms with Crippen LogP contribution in [0.5, 0.6) is 0 Å². The maximum atomic E-state index is 5.42. The van der Waals surface area contributed by atoms with Crippen LogP contribution in [0.15, 0.2) is 231 Å². The van der Waals surface area contributed by atoms with E-state index in [1.807, 2.05) is 0 Å². The molecule has 13 aromatic rings. The molecule has 0 N–H and O–H groups in total. The van der Waals surface area contributed by atoms with Gasteiger partial charge in [-0.25, -0.2) is 15.0 Å². The zero-order valence-corrected chi connectivity index (χ0v) is 35.2. The second kappa shape index (κ2) is 15.0. The van der Waals surface area contributed by atoms with E-state index in [1.165, 1.54) is 32.3 Å². The Hall–Kier alpha value is -8.73. The van der Waals surface area contributed by atoms with Crippen LogP contribution in [-0.4, -0.2) is 19.5 Å². The van der Waals surface area contributed by atoms with E-state index in [2.05, 4.69) is 235 Å². The van der Waals surface area contributed by atoms with Crippen LogP contribution in [0.1, 0.15) is 0 Å². The number of hydrogen-bond donors (Lipinski definition) is 0. The lowest BCUT2D eigenvalue weighted by Crippen LogP contribution is -2.03. The molecule has 0 atom stereocenters. The van der Waals surface area contributed by atoms with Crippen LogP contribution in [0, 0.1) is 0 Å². The summed E-state index contributed by atoms with van der Waals surface area (Å²) in [5.41, 5.74) is 10.7. The monoisotopic (exact) mass is 826 g/mol. The Morgan fingerprint density at radius 1 is 0.246 bits per heavy atom. The van der Waals surface area contributed by atoms with Gasteiger partial charge in [-0.05, 0) is 96.9 Å². The molecule has 0 saturated carbocycles. The molecule has 0 aliphatic carbocycles. The van der Waals surface area contributed by atoms with Gasteiger partial charge in [0.2, 0.25) is 0 Å². The highest BCUT2D eigenvalue weighted by atomic mass is 15.0. The lowest BCUT2D eigenvalue weighted by Gasteiger charge is -2.20. The molecule has 0 aliphatic rings. The molecule has 0 aliphatic heterocycles. The number of rotatable bonds is 6. The molecule has 0 unspecified atom stereocenters. The van der Waals surface area contributed by atoms with E-state index < -0.39 is 0 Å². The molecule has 2 aromatic heterocycles. The van der Waals surface area contributed by atoms with Crippen molar-refractivity contribution in [3.63, 3.8) is 0 Å². The molecule has 302 valence electrons. The number of fused-ring (bicyclic) bond motifs is 7. The molecule has 65 heavy (non-hydrogen) atoms. The maximum absolute atomic E-state index is 5.42. The van der Waals surface area contributed by atoms with E-state index in [0.717, 1.165) is 77.2 Å². The van der Waals surface area contributed by atoms with E-state index in [9.17, 15) is 0 Å². The fraction of sp³-hybridized carbons (Fsp3) is 0. The topological polar surface area (TPSA) is 43.6 Å². The van der Waals surface area contributed by atoms with Gasteiger partial charge in [0.25, 0.3) is 0 Å². The molecule has 0 spiro atoms. The molecule has 2 heterocycles. The molecule has 0 radical (unpaired) electrons. The van der Waals surface area contributed by atoms with Gasteiger partial charge >= 0.3 is 0 Å². The third-order valence-corrected chi connectivity index (χ3v) is 13.0. The second-order valence-corrected chi connectivity index (χ2v) is 16.8. The third-order valence-electron chi connectivity index (χ3n) is 13.0. The van der Waals surface area contributed by atoms with Crippen molar-refractivity contribution in [3.05, 3.63) is 231 Å². The Bertz CT molecular complexity index is 3920. The Morgan fingerprint density at radius 2 is 0.754 bits per heavy atom. The first kappa shape index (κ1) is 36.9. The molecule has 0 amide bonds. The number of hydrogen-bond acceptors (Lipinski definition) is 3. The van der Waals surface area contributed by atoms with Crippen molar-refractivity contribution in [3.8, 4) is 62.1 Å². The quantitative estimate of drug-likeness (QED) is 0.168. The van der Waals surface area contributed by atoms with Crippen LogP contribution in [0.4, 0.5) is 0 Å². The van der Waals surface area contributed by atoms with Crippen molar-refractivity contribution in [2.24, 2.45) is 0 Å². The molecular formula is C61H38N4. The van der Waals surface area contributed by atoms with E-state index in [1.54, 1.807) is 0 Å². The van der Waals surface area contributed by atoms with Gasteiger partial charge in [-0.2, -0.15) is 0 Å². The Balaban J connectivity index is 1.14. The summed E-state index contributed by atoms with van der Waals surface area (Å²) in [4.78, 5) is 16.1. The van der Waals surface area contributed by atoms with Crippen molar-refractivity contribution < 1.29 is 0 Å². The lowest BCUT2D eigenvalue weighted by molar-refractivity contribution is 1.08. The van der Waals surface area contributed by atoms with Gasteiger partial charge in [-0.3, -0.25) is 0 Å². The third kappa shape index (κ3) is 6.26. The fourth-order valence-corrected chi connectivity index (χ4v) is 9.81. The second-order valence-electron chi connectivity index (χ2n) is 16.8. The van der Waals surface area contributed by atoms with Gasteiger partial charge in [0.15, 0.2) is 17.5 Å². The van der Waals surface area contributed by atoms with E-state index >= 15 is 0 Å². The van der Waals surface area contributed by atoms with Gasteiger partial charge in [0.05, 0.1) is 16.7 Å². The van der Waals surface area contributed by atoms with Gasteiger partial charge in [0.1, 0.15) is 0 Å². The van der Waals surface area contributed by atoms with Crippen molar-refractivity contribution in [2.45, 2.75) is 0 Å². The summed E-state index contributed by atoms with van der Waals surface area (Å²) in [5, 5.41) is 11.6. The molecule has 0 bridgehead atoms. The van der Waals surface area contributed by atoms with Crippen LogP contribution in [-0.2, 0) is 0 Å². The Kier molecular flexibility index (Phi) is 8.50. The van der Waals surface area contributed by atoms with Crippen LogP contribution in [0.2, 0.25) is 0 Å². The van der Waals surface area contributed by atoms with Gasteiger partial charge < -0.3 is 4.57 Å². The van der Waals surface area contributed by atoms with E-state index in [-0.39, 0.29) is 0 Å². The molecule has 0 saturated heterocycles. The number of nitrogens with zero attached hydrogens (tertiary/aromatic N) is 4. The first-order valence-corrected chi connectivity index (χ1v) is 22.1. The number of aromatic nitrogens is 4. The molecule has 4 nitrogen and oxygen atoms in total. The predicted octanol–water partition coefficient (Wildman–Crippen LogP) is 15.9. The summed E-state index contributed by atoms with van der Waals surface area (Å²) >= 11 is 0. The zero-order valence-electron chi connectivity index (χ0n) is 35.2. The van der Waals surface area contributed by atoms with Gasteiger partial charge in [0, 0.05) is 38.4 Å². The first-order valence-electron chi connectivity index (χ1n) is 22.1. The van der Waals surface area contributed by atoms with Crippen LogP contribution < -0.4 is 0 Å². The van der Waals surface area contributed by atoms with Crippen molar-refractivity contribution in [1.82, 2.24) is 19.5 Å². The average molecular weight is 827 g/mol. The number of benzene rings is 11. The summed E-state index contributed by atoms with van der Waals surface area (Å²) in [6.45, 7) is 0. The Morgan fingerprint density at radius 3 is 1.43 bits per heavy atom.